The molecule has 8 heteroatoms. The Bertz CT molecular complexity index is 797. The molecule has 1 atom stereocenters. The lowest BCUT2D eigenvalue weighted by atomic mass is 10.0. The second-order valence-corrected chi connectivity index (χ2v) is 8.61. The summed E-state index contributed by atoms with van der Waals surface area (Å²) in [6.07, 6.45) is 3.12. The molecule has 2 fully saturated rings. The first kappa shape index (κ1) is 21.6. The topological polar surface area (TPSA) is 91.0 Å². The summed E-state index contributed by atoms with van der Waals surface area (Å²) >= 11 is 0. The summed E-state index contributed by atoms with van der Waals surface area (Å²) in [5.41, 5.74) is 2.69. The molecule has 8 nitrogen and oxygen atoms in total. The predicted molar refractivity (Wildman–Crippen MR) is 116 cm³/mol. The van der Waals surface area contributed by atoms with Gasteiger partial charge in [0.05, 0.1) is 19.1 Å². The summed E-state index contributed by atoms with van der Waals surface area (Å²) in [4.78, 5) is 41.2. The van der Waals surface area contributed by atoms with Crippen molar-refractivity contribution >= 4 is 17.9 Å². The Morgan fingerprint density at radius 2 is 1.81 bits per heavy atom. The van der Waals surface area contributed by atoms with Crippen molar-refractivity contribution < 1.29 is 19.1 Å². The molecule has 0 aromatic heterocycles. The number of carbonyl (C=O) groups excluding carboxylic acids is 3. The highest BCUT2D eigenvalue weighted by Gasteiger charge is 2.38. The van der Waals surface area contributed by atoms with Crippen molar-refractivity contribution in [3.8, 4) is 0 Å². The SMILES string of the molecule is CCOC(=O)N1CCC(NC(=O)CC2C(=O)NCCN2C2Cc3ccccc3C2)CC1. The van der Waals surface area contributed by atoms with E-state index in [1.807, 2.05) is 0 Å². The molecule has 0 bridgehead atoms. The van der Waals surface area contributed by atoms with Crippen LogP contribution >= 0.6 is 0 Å². The van der Waals surface area contributed by atoms with Gasteiger partial charge in [-0.1, -0.05) is 24.3 Å². The molecule has 3 amide bonds. The molecule has 31 heavy (non-hydrogen) atoms. The van der Waals surface area contributed by atoms with Crippen LogP contribution in [0, 0.1) is 0 Å². The van der Waals surface area contributed by atoms with E-state index in [4.69, 9.17) is 4.74 Å². The van der Waals surface area contributed by atoms with Gasteiger partial charge >= 0.3 is 6.09 Å². The number of piperazine rings is 1. The second kappa shape index (κ2) is 9.68. The third-order valence-corrected chi connectivity index (χ3v) is 6.64. The van der Waals surface area contributed by atoms with Gasteiger partial charge in [0.1, 0.15) is 0 Å². The first-order valence-corrected chi connectivity index (χ1v) is 11.4. The van der Waals surface area contributed by atoms with Crippen LogP contribution in [0.1, 0.15) is 37.3 Å². The van der Waals surface area contributed by atoms with E-state index < -0.39 is 6.04 Å². The Labute approximate surface area is 183 Å². The monoisotopic (exact) mass is 428 g/mol. The van der Waals surface area contributed by atoms with Crippen LogP contribution < -0.4 is 10.6 Å². The van der Waals surface area contributed by atoms with Gasteiger partial charge in [-0.15, -0.1) is 0 Å². The molecule has 2 N–H and O–H groups in total. The van der Waals surface area contributed by atoms with E-state index in [-0.39, 0.29) is 36.4 Å². The van der Waals surface area contributed by atoms with Gasteiger partial charge in [-0.25, -0.2) is 4.79 Å². The van der Waals surface area contributed by atoms with Crippen LogP contribution in [0.15, 0.2) is 24.3 Å². The summed E-state index contributed by atoms with van der Waals surface area (Å²) in [6.45, 7) is 4.68. The molecule has 0 saturated carbocycles. The molecular formula is C23H32N4O4. The fourth-order valence-electron chi connectivity index (χ4n) is 5.03. The van der Waals surface area contributed by atoms with Gasteiger partial charge in [0, 0.05) is 38.3 Å². The maximum absolute atomic E-state index is 12.8. The fourth-order valence-corrected chi connectivity index (χ4v) is 5.03. The molecule has 1 aromatic carbocycles. The standard InChI is InChI=1S/C23H32N4O4/c1-2-31-23(30)26-10-7-18(8-11-26)25-21(28)15-20-22(29)24-9-12-27(20)19-13-16-5-3-4-6-17(16)14-19/h3-6,18-20H,2,7-15H2,1H3,(H,24,29)(H,25,28). The average molecular weight is 429 g/mol. The summed E-state index contributed by atoms with van der Waals surface area (Å²) in [5, 5.41) is 6.01. The first-order valence-electron chi connectivity index (χ1n) is 11.4. The predicted octanol–water partition coefficient (Wildman–Crippen LogP) is 1.08. The molecule has 4 rings (SSSR count). The van der Waals surface area contributed by atoms with Crippen molar-refractivity contribution in [2.75, 3.05) is 32.8 Å². The van der Waals surface area contributed by atoms with Gasteiger partial charge in [-0.3, -0.25) is 14.5 Å². The minimum atomic E-state index is -0.437. The van der Waals surface area contributed by atoms with E-state index >= 15 is 0 Å². The number of benzene rings is 1. The lowest BCUT2D eigenvalue weighted by Gasteiger charge is -2.39. The van der Waals surface area contributed by atoms with Gasteiger partial charge in [0.25, 0.3) is 0 Å². The molecule has 168 valence electrons. The zero-order valence-electron chi connectivity index (χ0n) is 18.1. The Balaban J connectivity index is 1.31. The quantitative estimate of drug-likeness (QED) is 0.733. The van der Waals surface area contributed by atoms with Crippen LogP contribution in [0.4, 0.5) is 4.79 Å². The smallest absolute Gasteiger partial charge is 0.409 e. The zero-order chi connectivity index (χ0) is 21.8. The number of nitrogens with one attached hydrogen (secondary N) is 2. The molecule has 3 aliphatic rings. The van der Waals surface area contributed by atoms with Crippen LogP contribution in [0.2, 0.25) is 0 Å². The normalized spacial score (nSPS) is 22.7. The van der Waals surface area contributed by atoms with E-state index in [0.29, 0.717) is 39.1 Å². The maximum atomic E-state index is 12.8. The molecule has 1 aromatic rings. The van der Waals surface area contributed by atoms with Gasteiger partial charge in [0.15, 0.2) is 0 Å². The molecule has 0 radical (unpaired) electrons. The lowest BCUT2D eigenvalue weighted by Crippen LogP contribution is -2.60. The van der Waals surface area contributed by atoms with E-state index in [9.17, 15) is 14.4 Å². The van der Waals surface area contributed by atoms with Crippen LogP contribution in [0.25, 0.3) is 0 Å². The van der Waals surface area contributed by atoms with Crippen molar-refractivity contribution in [2.45, 2.75) is 57.2 Å². The average Bonchev–Trinajstić information content (AvgIpc) is 3.20. The molecular weight excluding hydrogens is 396 g/mol. The third kappa shape index (κ3) is 5.01. The van der Waals surface area contributed by atoms with Gasteiger partial charge in [0.2, 0.25) is 11.8 Å². The van der Waals surface area contributed by atoms with Crippen molar-refractivity contribution in [1.82, 2.24) is 20.4 Å². The van der Waals surface area contributed by atoms with Crippen molar-refractivity contribution in [3.63, 3.8) is 0 Å². The van der Waals surface area contributed by atoms with Crippen LogP contribution in [0.3, 0.4) is 0 Å². The number of nitrogens with zero attached hydrogens (tertiary/aromatic N) is 2. The third-order valence-electron chi connectivity index (χ3n) is 6.64. The molecule has 2 aliphatic heterocycles. The molecule has 1 aliphatic carbocycles. The Morgan fingerprint density at radius 3 is 2.45 bits per heavy atom. The zero-order valence-corrected chi connectivity index (χ0v) is 18.1. The van der Waals surface area contributed by atoms with Crippen LogP contribution in [0.5, 0.6) is 0 Å². The summed E-state index contributed by atoms with van der Waals surface area (Å²) in [6, 6.07) is 8.27. The highest BCUT2D eigenvalue weighted by molar-refractivity contribution is 5.89. The lowest BCUT2D eigenvalue weighted by molar-refractivity contribution is -0.135. The van der Waals surface area contributed by atoms with E-state index in [2.05, 4.69) is 39.8 Å². The van der Waals surface area contributed by atoms with Crippen molar-refractivity contribution in [1.29, 1.82) is 0 Å². The molecule has 1 unspecified atom stereocenters. The van der Waals surface area contributed by atoms with Gasteiger partial charge < -0.3 is 20.3 Å². The number of amides is 3. The molecule has 2 saturated heterocycles. The summed E-state index contributed by atoms with van der Waals surface area (Å²) < 4.78 is 5.04. The van der Waals surface area contributed by atoms with Crippen molar-refractivity contribution in [2.24, 2.45) is 0 Å². The van der Waals surface area contributed by atoms with E-state index in [1.54, 1.807) is 11.8 Å². The summed E-state index contributed by atoms with van der Waals surface area (Å²) in [7, 11) is 0. The van der Waals surface area contributed by atoms with Gasteiger partial charge in [-0.2, -0.15) is 0 Å². The fraction of sp³-hybridized carbons (Fsp3) is 0.609. The minimum Gasteiger partial charge on any atom is -0.450 e. The van der Waals surface area contributed by atoms with Gasteiger partial charge in [-0.05, 0) is 43.7 Å². The van der Waals surface area contributed by atoms with E-state index in [1.165, 1.54) is 11.1 Å². The highest BCUT2D eigenvalue weighted by atomic mass is 16.6. The Kier molecular flexibility index (Phi) is 6.75. The second-order valence-electron chi connectivity index (χ2n) is 8.61. The van der Waals surface area contributed by atoms with Crippen molar-refractivity contribution in [3.05, 3.63) is 35.4 Å². The largest absolute Gasteiger partial charge is 0.450 e. The number of ether oxygens (including phenoxy) is 1. The van der Waals surface area contributed by atoms with Crippen LogP contribution in [-0.2, 0) is 27.2 Å². The molecule has 0 spiro atoms. The molecule has 2 heterocycles. The number of hydrogen-bond acceptors (Lipinski definition) is 5. The number of piperidine rings is 1. The minimum absolute atomic E-state index is 0.0222. The number of carbonyl (C=O) groups is 3. The van der Waals surface area contributed by atoms with Crippen LogP contribution in [-0.4, -0.2) is 78.6 Å². The number of fused-ring (bicyclic) bond motifs is 1. The Hall–Kier alpha value is -2.61. The number of hydrogen-bond donors (Lipinski definition) is 2. The summed E-state index contributed by atoms with van der Waals surface area (Å²) in [5.74, 6) is -0.161. The first-order chi connectivity index (χ1) is 15.0. The Morgan fingerprint density at radius 1 is 1.13 bits per heavy atom. The highest BCUT2D eigenvalue weighted by Crippen LogP contribution is 2.28. The number of likely N-dealkylation sites (tertiary alicyclic amines) is 1. The van der Waals surface area contributed by atoms with E-state index in [0.717, 1.165) is 19.4 Å². The number of rotatable bonds is 5. The maximum Gasteiger partial charge on any atom is 0.409 e.